The third kappa shape index (κ3) is 7.12. The number of rotatable bonds is 10. The van der Waals surface area contributed by atoms with E-state index >= 15 is 0 Å². The van der Waals surface area contributed by atoms with Gasteiger partial charge in [-0.05, 0) is 49.2 Å². The average Bonchev–Trinajstić information content (AvgIpc) is 2.98. The van der Waals surface area contributed by atoms with Crippen LogP contribution in [0.25, 0.3) is 0 Å². The van der Waals surface area contributed by atoms with Gasteiger partial charge in [0.1, 0.15) is 34.9 Å². The molecular formula is C30H30N4O11S. The maximum absolute atomic E-state index is 13.5. The molecule has 16 heteroatoms. The molecule has 3 unspecified atom stereocenters. The van der Waals surface area contributed by atoms with Crippen molar-refractivity contribution in [1.29, 1.82) is 0 Å². The molecule has 46 heavy (non-hydrogen) atoms. The van der Waals surface area contributed by atoms with Gasteiger partial charge < -0.3 is 35.6 Å². The summed E-state index contributed by atoms with van der Waals surface area (Å²) in [6, 6.07) is 5.57. The smallest absolute Gasteiger partial charge is 0.352 e. The number of esters is 2. The number of aliphatic carboxylic acids is 1. The van der Waals surface area contributed by atoms with Crippen LogP contribution in [0, 0.1) is 0 Å². The zero-order valence-electron chi connectivity index (χ0n) is 25.0. The van der Waals surface area contributed by atoms with E-state index in [1.54, 1.807) is 6.92 Å². The summed E-state index contributed by atoms with van der Waals surface area (Å²) < 4.78 is 10.1. The summed E-state index contributed by atoms with van der Waals surface area (Å²) in [6.07, 6.45) is 0. The van der Waals surface area contributed by atoms with Crippen molar-refractivity contribution < 1.29 is 53.2 Å². The molecule has 0 aliphatic carbocycles. The van der Waals surface area contributed by atoms with Gasteiger partial charge in [-0.3, -0.25) is 33.7 Å². The molecule has 5 N–H and O–H groups in total. The van der Waals surface area contributed by atoms with Gasteiger partial charge in [-0.25, -0.2) is 4.79 Å². The molecule has 4 amide bonds. The molecule has 0 bridgehead atoms. The molecule has 15 nitrogen and oxygen atoms in total. The Morgan fingerprint density at radius 2 is 1.61 bits per heavy atom. The first kappa shape index (κ1) is 33.5. The molecular weight excluding hydrogens is 624 g/mol. The molecule has 0 radical (unpaired) electrons. The Morgan fingerprint density at radius 1 is 0.957 bits per heavy atom. The van der Waals surface area contributed by atoms with Gasteiger partial charge in [0.2, 0.25) is 11.8 Å². The first-order valence-corrected chi connectivity index (χ1v) is 14.8. The first-order chi connectivity index (χ1) is 21.7. The number of carbonyl (C=O) groups excluding carboxylic acids is 6. The average molecular weight is 655 g/mol. The van der Waals surface area contributed by atoms with Crippen molar-refractivity contribution >= 4 is 53.3 Å². The summed E-state index contributed by atoms with van der Waals surface area (Å²) in [5.41, 5.74) is 0.387. The number of nitrogens with one attached hydrogen (secondary N) is 3. The number of hydrogen-bond donors (Lipinski definition) is 5. The van der Waals surface area contributed by atoms with Crippen molar-refractivity contribution in [3.05, 3.63) is 64.9 Å². The normalized spacial score (nSPS) is 18.3. The number of para-hydroxylation sites is 1. The second-order valence-corrected chi connectivity index (χ2v) is 11.5. The highest BCUT2D eigenvalue weighted by Gasteiger charge is 2.54. The van der Waals surface area contributed by atoms with Crippen LogP contribution in [-0.2, 0) is 28.8 Å². The predicted octanol–water partition coefficient (Wildman–Crippen LogP) is 0.977. The minimum atomic E-state index is -1.40. The number of β-lactam (4-membered cyclic amide) rings is 1. The summed E-state index contributed by atoms with van der Waals surface area (Å²) in [4.78, 5) is 89.0. The molecule has 0 saturated carbocycles. The van der Waals surface area contributed by atoms with Gasteiger partial charge in [0.05, 0.1) is 5.56 Å². The van der Waals surface area contributed by atoms with Crippen LogP contribution in [0.15, 0.2) is 53.7 Å². The second kappa shape index (κ2) is 13.7. The zero-order chi connectivity index (χ0) is 33.9. The van der Waals surface area contributed by atoms with Crippen molar-refractivity contribution in [2.45, 2.75) is 51.2 Å². The van der Waals surface area contributed by atoms with E-state index in [2.05, 4.69) is 16.0 Å². The monoisotopic (exact) mass is 654 g/mol. The van der Waals surface area contributed by atoms with Gasteiger partial charge in [-0.2, -0.15) is 0 Å². The topological polar surface area (TPSA) is 218 Å². The number of thioether (sulfide) groups is 1. The Hall–Kier alpha value is -5.38. The Morgan fingerprint density at radius 3 is 2.22 bits per heavy atom. The number of benzene rings is 2. The number of phenolic OH excluding ortho intramolecular Hbond substituents is 1. The second-order valence-electron chi connectivity index (χ2n) is 10.4. The van der Waals surface area contributed by atoms with Crippen molar-refractivity contribution in [3.8, 4) is 17.2 Å². The Bertz CT molecular complexity index is 1660. The molecule has 0 spiro atoms. The molecule has 242 valence electrons. The summed E-state index contributed by atoms with van der Waals surface area (Å²) in [5.74, 6) is -6.23. The van der Waals surface area contributed by atoms with Gasteiger partial charge in [0.15, 0.2) is 11.5 Å². The van der Waals surface area contributed by atoms with E-state index in [0.29, 0.717) is 11.3 Å². The zero-order valence-corrected chi connectivity index (χ0v) is 25.8. The lowest BCUT2D eigenvalue weighted by Gasteiger charge is -2.49. The lowest BCUT2D eigenvalue weighted by molar-refractivity contribution is -0.151. The van der Waals surface area contributed by atoms with Crippen LogP contribution in [0.5, 0.6) is 17.2 Å². The number of carboxylic acid groups (broad SMARTS) is 1. The maximum Gasteiger partial charge on any atom is 0.352 e. The predicted molar refractivity (Wildman–Crippen MR) is 160 cm³/mol. The number of aromatic hydroxyl groups is 1. The van der Waals surface area contributed by atoms with Crippen LogP contribution in [0.2, 0.25) is 0 Å². The summed E-state index contributed by atoms with van der Waals surface area (Å²) >= 11 is 1.28. The fraction of sp³-hybridized carbons (Fsp3) is 0.300. The summed E-state index contributed by atoms with van der Waals surface area (Å²) in [6.45, 7) is 5.14. The Balaban J connectivity index is 1.52. The lowest BCUT2D eigenvalue weighted by atomic mass is 10.0. The number of nitrogens with zero attached hydrogens (tertiary/aromatic N) is 1. The van der Waals surface area contributed by atoms with Crippen molar-refractivity contribution in [2.75, 3.05) is 5.75 Å². The van der Waals surface area contributed by atoms with Gasteiger partial charge >= 0.3 is 17.9 Å². The van der Waals surface area contributed by atoms with E-state index in [4.69, 9.17) is 9.47 Å². The van der Waals surface area contributed by atoms with Crippen LogP contribution >= 0.6 is 11.8 Å². The van der Waals surface area contributed by atoms with Crippen LogP contribution in [0.1, 0.15) is 49.7 Å². The van der Waals surface area contributed by atoms with Gasteiger partial charge in [-0.15, -0.1) is 11.8 Å². The van der Waals surface area contributed by atoms with E-state index in [-0.39, 0.29) is 34.1 Å². The number of carbonyl (C=O) groups is 7. The highest BCUT2D eigenvalue weighted by Crippen LogP contribution is 2.40. The number of phenols is 1. The lowest BCUT2D eigenvalue weighted by Crippen LogP contribution is -2.71. The van der Waals surface area contributed by atoms with Crippen LogP contribution < -0.4 is 25.4 Å². The number of fused-ring (bicyclic) bond motifs is 1. The van der Waals surface area contributed by atoms with E-state index in [0.717, 1.165) is 18.7 Å². The van der Waals surface area contributed by atoms with E-state index < -0.39 is 65.0 Å². The highest BCUT2D eigenvalue weighted by atomic mass is 32.2. The standard InChI is InChI=1S/C30H30N4O11S/c1-13-12-46-29-22(28(41)34(29)23(13)30(42)43)33-27(40)21(17-8-10-18(37)11-9-17)32-25(38)14(2)31-26(39)19-6-5-7-20(44-15(3)35)24(19)45-16(4)36/h5-11,14,21-22,29,37H,12H2,1-4H3,(H,31,39)(H,32,38)(H,33,40)(H,42,43)/t14?,21-,22?,29?/m0/s1. The number of amides is 4. The van der Waals surface area contributed by atoms with Crippen LogP contribution in [-0.4, -0.2) is 79.9 Å². The number of carboxylic acids is 1. The van der Waals surface area contributed by atoms with Crippen molar-refractivity contribution in [1.82, 2.24) is 20.9 Å². The molecule has 4 atom stereocenters. The molecule has 2 aliphatic heterocycles. The molecule has 2 aliphatic rings. The molecule has 2 aromatic carbocycles. The molecule has 1 saturated heterocycles. The number of ether oxygens (including phenoxy) is 2. The third-order valence-electron chi connectivity index (χ3n) is 6.90. The van der Waals surface area contributed by atoms with Gasteiger partial charge in [0.25, 0.3) is 11.8 Å². The van der Waals surface area contributed by atoms with E-state index in [9.17, 15) is 43.8 Å². The summed E-state index contributed by atoms with van der Waals surface area (Å²) in [7, 11) is 0. The number of hydrogen-bond acceptors (Lipinski definition) is 11. The summed E-state index contributed by atoms with van der Waals surface area (Å²) in [5, 5.41) is 26.2. The molecule has 1 fully saturated rings. The van der Waals surface area contributed by atoms with Crippen molar-refractivity contribution in [2.24, 2.45) is 0 Å². The third-order valence-corrected chi connectivity index (χ3v) is 8.32. The fourth-order valence-electron chi connectivity index (χ4n) is 4.77. The molecule has 0 aromatic heterocycles. The minimum Gasteiger partial charge on any atom is -0.508 e. The molecule has 4 rings (SSSR count). The van der Waals surface area contributed by atoms with E-state index in [1.807, 2.05) is 0 Å². The van der Waals surface area contributed by atoms with E-state index in [1.165, 1.54) is 61.2 Å². The fourth-order valence-corrected chi connectivity index (χ4v) is 6.06. The largest absolute Gasteiger partial charge is 0.508 e. The molecule has 2 heterocycles. The quantitative estimate of drug-likeness (QED) is 0.138. The SMILES string of the molecule is CC(=O)Oc1cccc(C(=O)NC(C)C(=O)N[C@H](C(=O)NC2C(=O)N3C(C(=O)O)=C(C)CSC23)c2ccc(O)cc2)c1OC(C)=O. The van der Waals surface area contributed by atoms with Crippen LogP contribution in [0.4, 0.5) is 0 Å². The minimum absolute atomic E-state index is 0.110. The highest BCUT2D eigenvalue weighted by molar-refractivity contribution is 8.00. The van der Waals surface area contributed by atoms with Gasteiger partial charge in [0, 0.05) is 19.6 Å². The van der Waals surface area contributed by atoms with Crippen molar-refractivity contribution in [3.63, 3.8) is 0 Å². The Kier molecular flexibility index (Phi) is 10.00. The van der Waals surface area contributed by atoms with Gasteiger partial charge in [-0.1, -0.05) is 18.2 Å². The maximum atomic E-state index is 13.5. The molecule has 2 aromatic rings. The Labute approximate surface area is 266 Å². The van der Waals surface area contributed by atoms with Crippen LogP contribution in [0.3, 0.4) is 0 Å². The first-order valence-electron chi connectivity index (χ1n) is 13.8.